The summed E-state index contributed by atoms with van der Waals surface area (Å²) in [6.45, 7) is 5.60. The van der Waals surface area contributed by atoms with E-state index in [1.807, 2.05) is 20.8 Å². The zero-order valence-electron chi connectivity index (χ0n) is 11.1. The van der Waals surface area contributed by atoms with Gasteiger partial charge in [0.15, 0.2) is 0 Å². The van der Waals surface area contributed by atoms with Crippen molar-refractivity contribution in [1.82, 2.24) is 10.3 Å². The molecule has 0 radical (unpaired) electrons. The molecule has 2 N–H and O–H groups in total. The Morgan fingerprint density at radius 3 is 2.58 bits per heavy atom. The van der Waals surface area contributed by atoms with Crippen molar-refractivity contribution in [2.24, 2.45) is 5.41 Å². The lowest BCUT2D eigenvalue weighted by Gasteiger charge is -2.30. The molecule has 1 aromatic rings. The van der Waals surface area contributed by atoms with Crippen LogP contribution in [0.1, 0.15) is 37.7 Å². The second-order valence-electron chi connectivity index (χ2n) is 5.35. The average molecular weight is 285 g/mol. The molecule has 104 valence electrons. The number of carboxylic acids is 1. The minimum Gasteiger partial charge on any atom is -0.481 e. The largest absolute Gasteiger partial charge is 0.481 e. The Morgan fingerprint density at radius 1 is 1.47 bits per heavy atom. The van der Waals surface area contributed by atoms with Crippen molar-refractivity contribution >= 4 is 23.5 Å². The normalized spacial score (nSPS) is 12.8. The maximum Gasteiger partial charge on any atom is 0.305 e. The summed E-state index contributed by atoms with van der Waals surface area (Å²) in [4.78, 5) is 26.8. The third-order valence-corrected chi connectivity index (χ3v) is 2.92. The lowest BCUT2D eigenvalue weighted by Crippen LogP contribution is -2.45. The average Bonchev–Trinajstić information content (AvgIpc) is 2.26. The number of nitrogens with one attached hydrogen (secondary N) is 1. The first kappa shape index (κ1) is 15.4. The van der Waals surface area contributed by atoms with E-state index in [4.69, 9.17) is 16.7 Å². The highest BCUT2D eigenvalue weighted by Gasteiger charge is 2.29. The summed E-state index contributed by atoms with van der Waals surface area (Å²) in [6, 6.07) is 2.52. The summed E-state index contributed by atoms with van der Waals surface area (Å²) in [7, 11) is 0. The molecule has 5 nitrogen and oxygen atoms in total. The van der Waals surface area contributed by atoms with Crippen LogP contribution in [0, 0.1) is 5.41 Å². The fraction of sp³-hybridized carbons (Fsp3) is 0.462. The highest BCUT2D eigenvalue weighted by atomic mass is 35.5. The number of carbonyl (C=O) groups excluding carboxylic acids is 1. The molecule has 0 aliphatic rings. The van der Waals surface area contributed by atoms with E-state index in [1.54, 1.807) is 6.07 Å². The van der Waals surface area contributed by atoms with Gasteiger partial charge in [0.25, 0.3) is 5.91 Å². The molecule has 6 heteroatoms. The highest BCUT2D eigenvalue weighted by molar-refractivity contribution is 6.30. The number of aromatic nitrogens is 1. The lowest BCUT2D eigenvalue weighted by molar-refractivity contribution is -0.138. The second kappa shape index (κ2) is 6.02. The first-order valence-corrected chi connectivity index (χ1v) is 6.22. The molecule has 0 aliphatic heterocycles. The van der Waals surface area contributed by atoms with Crippen LogP contribution in [0.25, 0.3) is 0 Å². The number of carbonyl (C=O) groups is 2. The number of rotatable bonds is 4. The first-order valence-electron chi connectivity index (χ1n) is 5.84. The van der Waals surface area contributed by atoms with Crippen LogP contribution in [0.15, 0.2) is 18.3 Å². The minimum atomic E-state index is -0.959. The van der Waals surface area contributed by atoms with E-state index in [2.05, 4.69) is 10.3 Å². The van der Waals surface area contributed by atoms with E-state index in [-0.39, 0.29) is 17.5 Å². The Bertz CT molecular complexity index is 483. The van der Waals surface area contributed by atoms with Crippen LogP contribution in [0.3, 0.4) is 0 Å². The monoisotopic (exact) mass is 284 g/mol. The van der Waals surface area contributed by atoms with Gasteiger partial charge in [0.1, 0.15) is 5.69 Å². The summed E-state index contributed by atoms with van der Waals surface area (Å²) in [5.74, 6) is -1.39. The van der Waals surface area contributed by atoms with Crippen molar-refractivity contribution in [3.05, 3.63) is 29.0 Å². The van der Waals surface area contributed by atoms with Gasteiger partial charge in [-0.15, -0.1) is 0 Å². The van der Waals surface area contributed by atoms with Gasteiger partial charge in [-0.1, -0.05) is 32.4 Å². The molecule has 0 saturated heterocycles. The van der Waals surface area contributed by atoms with Gasteiger partial charge in [-0.25, -0.2) is 0 Å². The zero-order chi connectivity index (χ0) is 14.6. The van der Waals surface area contributed by atoms with Gasteiger partial charge < -0.3 is 10.4 Å². The van der Waals surface area contributed by atoms with Crippen LogP contribution >= 0.6 is 11.6 Å². The number of nitrogens with zero attached hydrogens (tertiary/aromatic N) is 1. The number of amides is 1. The van der Waals surface area contributed by atoms with Crippen LogP contribution in [0.2, 0.25) is 5.02 Å². The predicted molar refractivity (Wildman–Crippen MR) is 72.2 cm³/mol. The van der Waals surface area contributed by atoms with Gasteiger partial charge in [-0.3, -0.25) is 14.6 Å². The molecule has 1 rings (SSSR count). The molecule has 0 fully saturated rings. The molecule has 0 spiro atoms. The van der Waals surface area contributed by atoms with Crippen molar-refractivity contribution in [3.63, 3.8) is 0 Å². The predicted octanol–water partition coefficient (Wildman–Crippen LogP) is 2.35. The fourth-order valence-electron chi connectivity index (χ4n) is 1.51. The van der Waals surface area contributed by atoms with Crippen LogP contribution in [0.5, 0.6) is 0 Å². The summed E-state index contributed by atoms with van der Waals surface area (Å²) in [5.41, 5.74) is -0.195. The number of carboxylic acid groups (broad SMARTS) is 1. The number of hydrogen-bond acceptors (Lipinski definition) is 3. The third kappa shape index (κ3) is 4.87. The molecular weight excluding hydrogens is 268 g/mol. The van der Waals surface area contributed by atoms with E-state index < -0.39 is 17.9 Å². The molecule has 1 heterocycles. The smallest absolute Gasteiger partial charge is 0.305 e. The van der Waals surface area contributed by atoms with Gasteiger partial charge in [-0.05, 0) is 17.5 Å². The lowest BCUT2D eigenvalue weighted by atomic mass is 9.84. The van der Waals surface area contributed by atoms with Gasteiger partial charge >= 0.3 is 5.97 Å². The Kier molecular flexibility index (Phi) is 4.89. The van der Waals surface area contributed by atoms with Crippen molar-refractivity contribution in [2.45, 2.75) is 33.2 Å². The van der Waals surface area contributed by atoms with Gasteiger partial charge in [0.2, 0.25) is 0 Å². The fourth-order valence-corrected chi connectivity index (χ4v) is 1.67. The highest BCUT2D eigenvalue weighted by Crippen LogP contribution is 2.22. The van der Waals surface area contributed by atoms with Gasteiger partial charge in [-0.2, -0.15) is 0 Å². The van der Waals surface area contributed by atoms with Crippen molar-refractivity contribution in [1.29, 1.82) is 0 Å². The minimum absolute atomic E-state index is 0.143. The first-order chi connectivity index (χ1) is 8.70. The maximum atomic E-state index is 12.0. The third-order valence-electron chi connectivity index (χ3n) is 2.68. The Balaban J connectivity index is 2.85. The standard InChI is InChI=1S/C13H17ClN2O3/c1-13(2,3)10(7-11(17)18)16-12(19)9-6-8(14)4-5-15-9/h4-6,10H,7H2,1-3H3,(H,16,19)(H,17,18). The SMILES string of the molecule is CC(C)(C)C(CC(=O)O)NC(=O)c1cc(Cl)ccn1. The maximum absolute atomic E-state index is 12.0. The van der Waals surface area contributed by atoms with Crippen LogP contribution < -0.4 is 5.32 Å². The van der Waals surface area contributed by atoms with Crippen molar-refractivity contribution in [3.8, 4) is 0 Å². The van der Waals surface area contributed by atoms with Gasteiger partial charge in [0, 0.05) is 17.3 Å². The van der Waals surface area contributed by atoms with E-state index in [0.29, 0.717) is 5.02 Å². The summed E-state index contributed by atoms with van der Waals surface area (Å²) in [5, 5.41) is 12.0. The van der Waals surface area contributed by atoms with E-state index in [1.165, 1.54) is 12.3 Å². The Hall–Kier alpha value is -1.62. The Morgan fingerprint density at radius 2 is 2.11 bits per heavy atom. The molecule has 0 aliphatic carbocycles. The molecule has 0 aromatic carbocycles. The number of pyridine rings is 1. The van der Waals surface area contributed by atoms with Crippen LogP contribution in [-0.2, 0) is 4.79 Å². The van der Waals surface area contributed by atoms with Crippen LogP contribution in [0.4, 0.5) is 0 Å². The molecule has 0 bridgehead atoms. The topological polar surface area (TPSA) is 79.3 Å². The summed E-state index contributed by atoms with van der Waals surface area (Å²) in [6.07, 6.45) is 1.29. The molecule has 1 atom stereocenters. The van der Waals surface area contributed by atoms with E-state index >= 15 is 0 Å². The van der Waals surface area contributed by atoms with Crippen LogP contribution in [-0.4, -0.2) is 28.0 Å². The van der Waals surface area contributed by atoms with Crippen molar-refractivity contribution < 1.29 is 14.7 Å². The second-order valence-corrected chi connectivity index (χ2v) is 5.79. The summed E-state index contributed by atoms with van der Waals surface area (Å²) < 4.78 is 0. The summed E-state index contributed by atoms with van der Waals surface area (Å²) >= 11 is 5.79. The Labute approximate surface area is 117 Å². The molecule has 1 aromatic heterocycles. The number of hydrogen-bond donors (Lipinski definition) is 2. The molecular formula is C13H17ClN2O3. The molecule has 1 unspecified atom stereocenters. The van der Waals surface area contributed by atoms with E-state index in [9.17, 15) is 9.59 Å². The zero-order valence-corrected chi connectivity index (χ0v) is 11.9. The van der Waals surface area contributed by atoms with E-state index in [0.717, 1.165) is 0 Å². The molecule has 1 amide bonds. The van der Waals surface area contributed by atoms with Crippen molar-refractivity contribution in [2.75, 3.05) is 0 Å². The quantitative estimate of drug-likeness (QED) is 0.889. The molecule has 0 saturated carbocycles. The number of aliphatic carboxylic acids is 1. The number of halogens is 1. The molecule has 19 heavy (non-hydrogen) atoms. The van der Waals surface area contributed by atoms with Gasteiger partial charge in [0.05, 0.1) is 6.42 Å².